The molecule has 1 unspecified atom stereocenters. The van der Waals surface area contributed by atoms with Gasteiger partial charge in [-0.15, -0.1) is 0 Å². The van der Waals surface area contributed by atoms with E-state index in [1.165, 1.54) is 12.4 Å². The number of halogens is 2. The van der Waals surface area contributed by atoms with Crippen molar-refractivity contribution in [2.24, 2.45) is 0 Å². The van der Waals surface area contributed by atoms with Gasteiger partial charge in [0.15, 0.2) is 11.6 Å². The van der Waals surface area contributed by atoms with Crippen LogP contribution in [-0.2, 0) is 4.74 Å². The highest BCUT2D eigenvalue weighted by molar-refractivity contribution is 5.94. The van der Waals surface area contributed by atoms with E-state index < -0.39 is 17.7 Å². The molecular weight excluding hydrogens is 380 g/mol. The summed E-state index contributed by atoms with van der Waals surface area (Å²) in [6, 6.07) is 4.33. The molecule has 1 aliphatic heterocycles. The van der Waals surface area contributed by atoms with E-state index in [4.69, 9.17) is 4.74 Å². The SMILES string of the molecule is Cc1cc(C2CN(C(=O)c3cc(F)c(F)c(C4CC4)c3)CCO2)n2ncnc2n1. The Balaban J connectivity index is 1.44. The predicted octanol–water partition coefficient (Wildman–Crippen LogP) is 2.80. The molecule has 5 rings (SSSR count). The van der Waals surface area contributed by atoms with Crippen LogP contribution in [0, 0.1) is 18.6 Å². The average molecular weight is 399 g/mol. The lowest BCUT2D eigenvalue weighted by Gasteiger charge is -2.33. The minimum atomic E-state index is -0.975. The van der Waals surface area contributed by atoms with E-state index in [1.807, 2.05) is 13.0 Å². The summed E-state index contributed by atoms with van der Waals surface area (Å²) in [5, 5.41) is 4.19. The molecule has 150 valence electrons. The van der Waals surface area contributed by atoms with Crippen LogP contribution in [0.5, 0.6) is 0 Å². The van der Waals surface area contributed by atoms with E-state index in [-0.39, 0.29) is 23.9 Å². The molecule has 9 heteroatoms. The van der Waals surface area contributed by atoms with Crippen molar-refractivity contribution in [3.05, 3.63) is 58.7 Å². The zero-order valence-corrected chi connectivity index (χ0v) is 15.8. The number of carbonyl (C=O) groups is 1. The fourth-order valence-electron chi connectivity index (χ4n) is 3.81. The van der Waals surface area contributed by atoms with Crippen molar-refractivity contribution in [1.82, 2.24) is 24.5 Å². The molecule has 0 radical (unpaired) electrons. The molecular formula is C20H19F2N5O2. The lowest BCUT2D eigenvalue weighted by molar-refractivity contribution is -0.0257. The number of carbonyl (C=O) groups excluding carboxylic acids is 1. The van der Waals surface area contributed by atoms with Crippen LogP contribution in [0.2, 0.25) is 0 Å². The van der Waals surface area contributed by atoms with E-state index >= 15 is 0 Å². The Labute approximate surface area is 165 Å². The number of hydrogen-bond acceptors (Lipinski definition) is 5. The fraction of sp³-hybridized carbons (Fsp3) is 0.400. The Morgan fingerprint density at radius 2 is 2.07 bits per heavy atom. The first-order valence-corrected chi connectivity index (χ1v) is 9.58. The van der Waals surface area contributed by atoms with Gasteiger partial charge in [-0.1, -0.05) is 0 Å². The zero-order valence-electron chi connectivity index (χ0n) is 15.8. The third-order valence-electron chi connectivity index (χ3n) is 5.41. The maximum absolute atomic E-state index is 14.1. The molecule has 0 bridgehead atoms. The summed E-state index contributed by atoms with van der Waals surface area (Å²) in [5.41, 5.74) is 1.98. The van der Waals surface area contributed by atoms with E-state index in [2.05, 4.69) is 15.1 Å². The topological polar surface area (TPSA) is 72.6 Å². The van der Waals surface area contributed by atoms with E-state index in [0.717, 1.165) is 30.3 Å². The molecule has 29 heavy (non-hydrogen) atoms. The lowest BCUT2D eigenvalue weighted by Crippen LogP contribution is -2.42. The molecule has 2 aliphatic rings. The molecule has 7 nitrogen and oxygen atoms in total. The summed E-state index contributed by atoms with van der Waals surface area (Å²) in [6.07, 6.45) is 2.63. The van der Waals surface area contributed by atoms with Crippen LogP contribution in [0.4, 0.5) is 8.78 Å². The van der Waals surface area contributed by atoms with E-state index in [1.54, 1.807) is 9.42 Å². The highest BCUT2D eigenvalue weighted by atomic mass is 19.2. The Morgan fingerprint density at radius 3 is 2.86 bits per heavy atom. The van der Waals surface area contributed by atoms with Gasteiger partial charge < -0.3 is 9.64 Å². The first-order valence-electron chi connectivity index (χ1n) is 9.58. The van der Waals surface area contributed by atoms with Crippen molar-refractivity contribution in [2.45, 2.75) is 31.8 Å². The Morgan fingerprint density at radius 1 is 1.24 bits per heavy atom. The Bertz CT molecular complexity index is 1110. The number of morpholine rings is 1. The maximum Gasteiger partial charge on any atom is 0.254 e. The van der Waals surface area contributed by atoms with Crippen LogP contribution in [0.3, 0.4) is 0 Å². The lowest BCUT2D eigenvalue weighted by atomic mass is 10.0. The quantitative estimate of drug-likeness (QED) is 0.677. The van der Waals surface area contributed by atoms with Crippen molar-refractivity contribution < 1.29 is 18.3 Å². The molecule has 0 N–H and O–H groups in total. The number of amides is 1. The van der Waals surface area contributed by atoms with Gasteiger partial charge >= 0.3 is 0 Å². The van der Waals surface area contributed by atoms with Crippen LogP contribution in [0.15, 0.2) is 24.5 Å². The van der Waals surface area contributed by atoms with E-state index in [9.17, 15) is 13.6 Å². The monoisotopic (exact) mass is 399 g/mol. The number of aryl methyl sites for hydroxylation is 1. The molecule has 1 saturated heterocycles. The number of ether oxygens (including phenoxy) is 1. The number of rotatable bonds is 3. The molecule has 2 fully saturated rings. The second-order valence-electron chi connectivity index (χ2n) is 7.54. The second-order valence-corrected chi connectivity index (χ2v) is 7.54. The molecule has 1 aromatic carbocycles. The minimum absolute atomic E-state index is 0.00933. The number of hydrogen-bond donors (Lipinski definition) is 0. The summed E-state index contributed by atoms with van der Waals surface area (Å²) >= 11 is 0. The minimum Gasteiger partial charge on any atom is -0.368 e. The van der Waals surface area contributed by atoms with Gasteiger partial charge in [0.1, 0.15) is 12.4 Å². The number of nitrogens with zero attached hydrogens (tertiary/aromatic N) is 5. The van der Waals surface area contributed by atoms with Gasteiger partial charge in [-0.3, -0.25) is 4.79 Å². The van der Waals surface area contributed by atoms with Gasteiger partial charge in [-0.25, -0.2) is 13.8 Å². The van der Waals surface area contributed by atoms with Crippen LogP contribution in [0.1, 0.15) is 52.2 Å². The van der Waals surface area contributed by atoms with Crippen LogP contribution >= 0.6 is 0 Å². The van der Waals surface area contributed by atoms with Gasteiger partial charge in [0.05, 0.1) is 18.8 Å². The summed E-state index contributed by atoms with van der Waals surface area (Å²) in [5.74, 6) is -1.68. The smallest absolute Gasteiger partial charge is 0.254 e. The molecule has 3 aromatic rings. The number of aromatic nitrogens is 4. The van der Waals surface area contributed by atoms with Gasteiger partial charge in [-0.05, 0) is 49.4 Å². The highest BCUT2D eigenvalue weighted by Gasteiger charge is 2.32. The largest absolute Gasteiger partial charge is 0.368 e. The van der Waals surface area contributed by atoms with Gasteiger partial charge in [-0.2, -0.15) is 14.6 Å². The van der Waals surface area contributed by atoms with E-state index in [0.29, 0.717) is 24.5 Å². The number of benzene rings is 1. The fourth-order valence-corrected chi connectivity index (χ4v) is 3.81. The second kappa shape index (κ2) is 6.84. The van der Waals surface area contributed by atoms with Gasteiger partial charge in [0.2, 0.25) is 0 Å². The maximum atomic E-state index is 14.1. The molecule has 1 amide bonds. The average Bonchev–Trinajstić information content (AvgIpc) is 3.46. The number of fused-ring (bicyclic) bond motifs is 1. The summed E-state index contributed by atoms with van der Waals surface area (Å²) in [7, 11) is 0. The molecule has 1 saturated carbocycles. The van der Waals surface area contributed by atoms with Crippen LogP contribution < -0.4 is 0 Å². The molecule has 1 atom stereocenters. The first kappa shape index (κ1) is 18.1. The first-order chi connectivity index (χ1) is 14.0. The molecule has 3 heterocycles. The van der Waals surface area contributed by atoms with Crippen molar-refractivity contribution in [2.75, 3.05) is 19.7 Å². The van der Waals surface area contributed by atoms with Crippen molar-refractivity contribution in [3.63, 3.8) is 0 Å². The van der Waals surface area contributed by atoms with Crippen LogP contribution in [-0.4, -0.2) is 50.1 Å². The predicted molar refractivity (Wildman–Crippen MR) is 98.4 cm³/mol. The van der Waals surface area contributed by atoms with Gasteiger partial charge in [0.25, 0.3) is 11.7 Å². The van der Waals surface area contributed by atoms with Crippen molar-refractivity contribution in [3.8, 4) is 0 Å². The molecule has 0 spiro atoms. The van der Waals surface area contributed by atoms with Crippen LogP contribution in [0.25, 0.3) is 5.78 Å². The summed E-state index contributed by atoms with van der Waals surface area (Å²) in [4.78, 5) is 23.1. The van der Waals surface area contributed by atoms with Gasteiger partial charge in [0, 0.05) is 17.8 Å². The highest BCUT2D eigenvalue weighted by Crippen LogP contribution is 2.42. The van der Waals surface area contributed by atoms with Crippen molar-refractivity contribution in [1.29, 1.82) is 0 Å². The Hall–Kier alpha value is -2.94. The molecule has 1 aliphatic carbocycles. The summed E-state index contributed by atoms with van der Waals surface area (Å²) in [6.45, 7) is 2.82. The third-order valence-corrected chi connectivity index (χ3v) is 5.41. The third kappa shape index (κ3) is 3.25. The zero-order chi connectivity index (χ0) is 20.1. The standard InChI is InChI=1S/C20H19F2N5O2/c1-11-6-16(27-20(25-11)23-10-24-27)17-9-26(4-5-29-17)19(28)13-7-14(12-2-3-12)18(22)15(21)8-13/h6-8,10,12,17H,2-5,9H2,1H3. The summed E-state index contributed by atoms with van der Waals surface area (Å²) < 4.78 is 35.6. The van der Waals surface area contributed by atoms with Crippen molar-refractivity contribution >= 4 is 11.7 Å². The Kier molecular flexibility index (Phi) is 4.27. The molecule has 2 aromatic heterocycles. The normalized spacial score (nSPS) is 19.7.